The van der Waals surface area contributed by atoms with Gasteiger partial charge in [-0.3, -0.25) is 0 Å². The number of aliphatic hydroxyl groups is 1. The van der Waals surface area contributed by atoms with E-state index in [0.29, 0.717) is 25.3 Å². The maximum Gasteiger partial charge on any atom is 0.416 e. The van der Waals surface area contributed by atoms with Gasteiger partial charge in [-0.1, -0.05) is 12.1 Å². The molecule has 2 N–H and O–H groups in total. The molecule has 6 heteroatoms. The Morgan fingerprint density at radius 2 is 1.89 bits per heavy atom. The van der Waals surface area contributed by atoms with Crippen LogP contribution in [0, 0.1) is 0 Å². The molecule has 0 saturated heterocycles. The van der Waals surface area contributed by atoms with Gasteiger partial charge in [-0.15, -0.1) is 0 Å². The predicted octanol–water partition coefficient (Wildman–Crippen LogP) is 2.36. The summed E-state index contributed by atoms with van der Waals surface area (Å²) in [5, 5.41) is 12.8. The molecule has 1 rings (SSSR count). The van der Waals surface area contributed by atoms with Gasteiger partial charge in [-0.05, 0) is 30.7 Å². The lowest BCUT2D eigenvalue weighted by atomic mass is 10.1. The highest BCUT2D eigenvalue weighted by Gasteiger charge is 2.30. The van der Waals surface area contributed by atoms with Crippen molar-refractivity contribution < 1.29 is 23.0 Å². The number of hydrogen-bond donors (Lipinski definition) is 2. The lowest BCUT2D eigenvalue weighted by Gasteiger charge is -2.13. The molecule has 0 spiro atoms. The van der Waals surface area contributed by atoms with Gasteiger partial charge in [0, 0.05) is 20.3 Å². The predicted molar refractivity (Wildman–Crippen MR) is 65.8 cm³/mol. The number of halogens is 3. The van der Waals surface area contributed by atoms with Crippen molar-refractivity contribution in [2.24, 2.45) is 0 Å². The van der Waals surface area contributed by atoms with Gasteiger partial charge in [0.15, 0.2) is 0 Å². The summed E-state index contributed by atoms with van der Waals surface area (Å²) in [6, 6.07) is 4.54. The van der Waals surface area contributed by atoms with E-state index in [1.54, 1.807) is 7.11 Å². The van der Waals surface area contributed by atoms with Gasteiger partial charge in [0.25, 0.3) is 0 Å². The second-order valence-electron chi connectivity index (χ2n) is 4.19. The van der Waals surface area contributed by atoms with E-state index >= 15 is 0 Å². The normalized spacial score (nSPS) is 13.5. The average molecular weight is 277 g/mol. The maximum absolute atomic E-state index is 12.4. The molecule has 0 aromatic heterocycles. The van der Waals surface area contributed by atoms with Crippen molar-refractivity contribution in [3.05, 3.63) is 35.4 Å². The molecule has 0 bridgehead atoms. The van der Waals surface area contributed by atoms with Crippen LogP contribution < -0.4 is 5.32 Å². The summed E-state index contributed by atoms with van der Waals surface area (Å²) in [6.07, 6.45) is -4.34. The third kappa shape index (κ3) is 5.59. The Labute approximate surface area is 110 Å². The van der Waals surface area contributed by atoms with Gasteiger partial charge >= 0.3 is 6.18 Å². The Balaban J connectivity index is 2.42. The van der Waals surface area contributed by atoms with Crippen LogP contribution in [0.4, 0.5) is 13.2 Å². The molecule has 1 aromatic carbocycles. The molecule has 0 radical (unpaired) electrons. The van der Waals surface area contributed by atoms with Crippen LogP contribution in [0.1, 0.15) is 23.7 Å². The molecule has 19 heavy (non-hydrogen) atoms. The Bertz CT molecular complexity index is 365. The minimum atomic E-state index is -4.35. The molecule has 0 aliphatic heterocycles. The van der Waals surface area contributed by atoms with Crippen molar-refractivity contribution in [3.8, 4) is 0 Å². The van der Waals surface area contributed by atoms with Crippen LogP contribution in [-0.2, 0) is 10.9 Å². The van der Waals surface area contributed by atoms with Gasteiger partial charge in [0.1, 0.15) is 0 Å². The summed E-state index contributed by atoms with van der Waals surface area (Å²) in [5.41, 5.74) is -0.247. The summed E-state index contributed by atoms with van der Waals surface area (Å²) in [4.78, 5) is 0. The average Bonchev–Trinajstić information content (AvgIpc) is 2.37. The highest BCUT2D eigenvalue weighted by Crippen LogP contribution is 2.29. The second kappa shape index (κ2) is 7.47. The maximum atomic E-state index is 12.4. The highest BCUT2D eigenvalue weighted by molar-refractivity contribution is 5.26. The molecule has 0 saturated carbocycles. The minimum absolute atomic E-state index is 0.301. The van der Waals surface area contributed by atoms with Crippen LogP contribution >= 0.6 is 0 Å². The zero-order chi connectivity index (χ0) is 14.3. The number of benzene rings is 1. The number of methoxy groups -OCH3 is 1. The largest absolute Gasteiger partial charge is 0.416 e. The van der Waals surface area contributed by atoms with Crippen molar-refractivity contribution >= 4 is 0 Å². The first kappa shape index (κ1) is 15.9. The summed E-state index contributed by atoms with van der Waals surface area (Å²) < 4.78 is 41.9. The first-order chi connectivity index (χ1) is 8.95. The molecule has 1 aromatic rings. The van der Waals surface area contributed by atoms with Crippen LogP contribution in [0.2, 0.25) is 0 Å². The smallest absolute Gasteiger partial charge is 0.387 e. The van der Waals surface area contributed by atoms with Crippen molar-refractivity contribution in [3.63, 3.8) is 0 Å². The Morgan fingerprint density at radius 1 is 1.26 bits per heavy atom. The lowest BCUT2D eigenvalue weighted by molar-refractivity contribution is -0.137. The fourth-order valence-corrected chi connectivity index (χ4v) is 1.59. The van der Waals surface area contributed by atoms with Gasteiger partial charge < -0.3 is 15.2 Å². The molecule has 0 aliphatic carbocycles. The molecule has 0 aliphatic rings. The van der Waals surface area contributed by atoms with E-state index in [-0.39, 0.29) is 0 Å². The van der Waals surface area contributed by atoms with E-state index in [1.807, 2.05) is 0 Å². The Kier molecular flexibility index (Phi) is 6.27. The fourth-order valence-electron chi connectivity index (χ4n) is 1.59. The Hall–Kier alpha value is -1.11. The molecule has 1 atom stereocenters. The summed E-state index contributed by atoms with van der Waals surface area (Å²) in [5.74, 6) is 0. The van der Waals surface area contributed by atoms with Gasteiger partial charge in [0.05, 0.1) is 11.7 Å². The van der Waals surface area contributed by atoms with Crippen LogP contribution in [0.5, 0.6) is 0 Å². The lowest BCUT2D eigenvalue weighted by Crippen LogP contribution is -2.23. The number of nitrogens with one attached hydrogen (secondary N) is 1. The van der Waals surface area contributed by atoms with Crippen molar-refractivity contribution in [2.45, 2.75) is 18.7 Å². The summed E-state index contributed by atoms with van der Waals surface area (Å²) >= 11 is 0. The molecule has 3 nitrogen and oxygen atoms in total. The summed E-state index contributed by atoms with van der Waals surface area (Å²) in [6.45, 7) is 1.62. The second-order valence-corrected chi connectivity index (χ2v) is 4.19. The molecule has 108 valence electrons. The van der Waals surface area contributed by atoms with Crippen molar-refractivity contribution in [1.29, 1.82) is 0 Å². The zero-order valence-corrected chi connectivity index (χ0v) is 10.7. The molecule has 0 fully saturated rings. The topological polar surface area (TPSA) is 41.5 Å². The molecular weight excluding hydrogens is 259 g/mol. The first-order valence-corrected chi connectivity index (χ1v) is 6.00. The highest BCUT2D eigenvalue weighted by atomic mass is 19.4. The standard InChI is InChI=1S/C13H18F3NO2/c1-19-8-2-7-17-9-12(18)10-3-5-11(6-4-10)13(14,15)16/h3-6,12,17-18H,2,7-9H2,1H3. The third-order valence-corrected chi connectivity index (χ3v) is 2.66. The van der Waals surface area contributed by atoms with Gasteiger partial charge in [-0.2, -0.15) is 13.2 Å². The van der Waals surface area contributed by atoms with Gasteiger partial charge in [0.2, 0.25) is 0 Å². The molecule has 0 heterocycles. The molecule has 1 unspecified atom stereocenters. The number of ether oxygens (including phenoxy) is 1. The third-order valence-electron chi connectivity index (χ3n) is 2.66. The van der Waals surface area contributed by atoms with Crippen molar-refractivity contribution in [2.75, 3.05) is 26.8 Å². The van der Waals surface area contributed by atoms with E-state index in [9.17, 15) is 18.3 Å². The fraction of sp³-hybridized carbons (Fsp3) is 0.538. The SMILES string of the molecule is COCCCNCC(O)c1ccc(C(F)(F)F)cc1. The number of hydrogen-bond acceptors (Lipinski definition) is 3. The zero-order valence-electron chi connectivity index (χ0n) is 10.7. The first-order valence-electron chi connectivity index (χ1n) is 6.00. The Morgan fingerprint density at radius 3 is 2.42 bits per heavy atom. The van der Waals surface area contributed by atoms with Crippen LogP contribution in [0.25, 0.3) is 0 Å². The van der Waals surface area contributed by atoms with Crippen LogP contribution in [0.3, 0.4) is 0 Å². The minimum Gasteiger partial charge on any atom is -0.387 e. The summed E-state index contributed by atoms with van der Waals surface area (Å²) in [7, 11) is 1.61. The molecule has 0 amide bonds. The van der Waals surface area contributed by atoms with Crippen LogP contribution in [0.15, 0.2) is 24.3 Å². The van der Waals surface area contributed by atoms with Crippen LogP contribution in [-0.4, -0.2) is 31.9 Å². The molecular formula is C13H18F3NO2. The quantitative estimate of drug-likeness (QED) is 0.752. The van der Waals surface area contributed by atoms with Crippen molar-refractivity contribution in [1.82, 2.24) is 5.32 Å². The number of alkyl halides is 3. The van der Waals surface area contributed by atoms with E-state index < -0.39 is 17.8 Å². The van der Waals surface area contributed by atoms with E-state index in [1.165, 1.54) is 12.1 Å². The van der Waals surface area contributed by atoms with E-state index in [2.05, 4.69) is 5.32 Å². The van der Waals surface area contributed by atoms with E-state index in [4.69, 9.17) is 4.74 Å². The van der Waals surface area contributed by atoms with Gasteiger partial charge in [-0.25, -0.2) is 0 Å². The number of aliphatic hydroxyl groups excluding tert-OH is 1. The van der Waals surface area contributed by atoms with E-state index in [0.717, 1.165) is 18.6 Å². The monoisotopic (exact) mass is 277 g/mol. The number of rotatable bonds is 7.